The van der Waals surface area contributed by atoms with Crippen LogP contribution in [0.5, 0.6) is 0 Å². The Morgan fingerprint density at radius 1 is 1.00 bits per heavy atom. The second-order valence-corrected chi connectivity index (χ2v) is 5.89. The predicted octanol–water partition coefficient (Wildman–Crippen LogP) is 4.90. The molecule has 0 aromatic heterocycles. The summed E-state index contributed by atoms with van der Waals surface area (Å²) >= 11 is 3.52. The molecule has 0 amide bonds. The number of rotatable bonds is 4. The summed E-state index contributed by atoms with van der Waals surface area (Å²) in [4.78, 5) is 0. The molecule has 0 radical (unpaired) electrons. The van der Waals surface area contributed by atoms with E-state index in [0.717, 1.165) is 11.0 Å². The van der Waals surface area contributed by atoms with Gasteiger partial charge in [0, 0.05) is 16.6 Å². The number of nitrogens with one attached hydrogen (secondary N) is 1. The van der Waals surface area contributed by atoms with Gasteiger partial charge < -0.3 is 5.32 Å². The third-order valence-electron chi connectivity index (χ3n) is 3.12. The quantitative estimate of drug-likeness (QED) is 0.835. The van der Waals surface area contributed by atoms with Gasteiger partial charge in [0.25, 0.3) is 0 Å². The van der Waals surface area contributed by atoms with Crippen LogP contribution in [0, 0.1) is 0 Å². The Hall–Kier alpha value is -0.830. The lowest BCUT2D eigenvalue weighted by Gasteiger charge is -2.27. The fourth-order valence-corrected chi connectivity index (χ4v) is 2.30. The molecule has 0 atom stereocenters. The summed E-state index contributed by atoms with van der Waals surface area (Å²) in [5.74, 6) is 0. The van der Waals surface area contributed by atoms with Crippen molar-refractivity contribution in [2.24, 2.45) is 0 Å². The molecule has 0 saturated heterocycles. The Kier molecular flexibility index (Phi) is 6.05. The topological polar surface area (TPSA) is 12.0 Å². The van der Waals surface area contributed by atoms with E-state index in [9.17, 15) is 0 Å². The van der Waals surface area contributed by atoms with E-state index < -0.39 is 0 Å². The molecule has 3 heteroatoms. The molecule has 0 heterocycles. The maximum Gasteiger partial charge on any atom is 0.0380 e. The highest BCUT2D eigenvalue weighted by Crippen LogP contribution is 2.23. The van der Waals surface area contributed by atoms with Gasteiger partial charge in [-0.05, 0) is 37.1 Å². The van der Waals surface area contributed by atoms with Crippen LogP contribution in [-0.2, 0) is 12.1 Å². The van der Waals surface area contributed by atoms with Crippen LogP contribution < -0.4 is 5.32 Å². The minimum Gasteiger partial charge on any atom is -0.304 e. The summed E-state index contributed by atoms with van der Waals surface area (Å²) in [6.07, 6.45) is 0. The lowest BCUT2D eigenvalue weighted by molar-refractivity contribution is 0.401. The van der Waals surface area contributed by atoms with Crippen molar-refractivity contribution in [1.82, 2.24) is 5.32 Å². The molecule has 19 heavy (non-hydrogen) atoms. The van der Waals surface area contributed by atoms with Crippen molar-refractivity contribution < 1.29 is 0 Å². The van der Waals surface area contributed by atoms with E-state index in [1.807, 2.05) is 6.07 Å². The van der Waals surface area contributed by atoms with E-state index in [2.05, 4.69) is 83.6 Å². The predicted molar refractivity (Wildman–Crippen MR) is 87.7 cm³/mol. The van der Waals surface area contributed by atoms with Crippen LogP contribution in [0.4, 0.5) is 0 Å². The zero-order valence-electron chi connectivity index (χ0n) is 11.2. The van der Waals surface area contributed by atoms with Gasteiger partial charge in [0.05, 0.1) is 0 Å². The molecule has 0 spiro atoms. The summed E-state index contributed by atoms with van der Waals surface area (Å²) < 4.78 is 1.12. The van der Waals surface area contributed by atoms with Gasteiger partial charge in [-0.25, -0.2) is 0 Å². The second-order valence-electron chi connectivity index (χ2n) is 4.97. The first-order valence-corrected chi connectivity index (χ1v) is 6.92. The monoisotopic (exact) mass is 339 g/mol. The first kappa shape index (κ1) is 16.2. The average Bonchev–Trinajstić information content (AvgIpc) is 2.38. The van der Waals surface area contributed by atoms with Crippen molar-refractivity contribution in [2.75, 3.05) is 0 Å². The molecule has 0 saturated carbocycles. The second kappa shape index (κ2) is 7.09. The third kappa shape index (κ3) is 4.64. The Balaban J connectivity index is 0.00000180. The van der Waals surface area contributed by atoms with Gasteiger partial charge in [0.15, 0.2) is 0 Å². The smallest absolute Gasteiger partial charge is 0.0380 e. The molecular formula is C16H19BrClN. The minimum atomic E-state index is -0.0420. The number of halogens is 2. The first-order chi connectivity index (χ1) is 8.58. The highest BCUT2D eigenvalue weighted by atomic mass is 79.9. The van der Waals surface area contributed by atoms with Crippen LogP contribution in [0.1, 0.15) is 25.0 Å². The summed E-state index contributed by atoms with van der Waals surface area (Å²) in [5.41, 5.74) is 2.55. The van der Waals surface area contributed by atoms with Gasteiger partial charge in [-0.15, -0.1) is 12.4 Å². The van der Waals surface area contributed by atoms with Crippen molar-refractivity contribution in [2.45, 2.75) is 25.9 Å². The van der Waals surface area contributed by atoms with Crippen LogP contribution >= 0.6 is 28.3 Å². The van der Waals surface area contributed by atoms with Crippen molar-refractivity contribution >= 4 is 28.3 Å². The van der Waals surface area contributed by atoms with E-state index >= 15 is 0 Å². The molecular weight excluding hydrogens is 322 g/mol. The molecule has 2 rings (SSSR count). The van der Waals surface area contributed by atoms with E-state index in [-0.39, 0.29) is 17.9 Å². The van der Waals surface area contributed by atoms with Crippen LogP contribution in [0.2, 0.25) is 0 Å². The number of hydrogen-bond donors (Lipinski definition) is 1. The maximum atomic E-state index is 3.60. The van der Waals surface area contributed by atoms with E-state index in [0.29, 0.717) is 0 Å². The fraction of sp³-hybridized carbons (Fsp3) is 0.250. The summed E-state index contributed by atoms with van der Waals surface area (Å²) in [7, 11) is 0. The van der Waals surface area contributed by atoms with Crippen molar-refractivity contribution in [1.29, 1.82) is 0 Å². The summed E-state index contributed by atoms with van der Waals surface area (Å²) in [6.45, 7) is 5.29. The molecule has 0 fully saturated rings. The maximum absolute atomic E-state index is 3.60. The lowest BCUT2D eigenvalue weighted by atomic mass is 9.94. The number of hydrogen-bond acceptors (Lipinski definition) is 1. The standard InChI is InChI=1S/C16H18BrN.ClH/c1-16(2,14-9-6-10-15(17)11-14)18-12-13-7-4-3-5-8-13;/h3-11,18H,12H2,1-2H3;1H. The Morgan fingerprint density at radius 3 is 2.32 bits per heavy atom. The van der Waals surface area contributed by atoms with Crippen molar-refractivity contribution in [3.63, 3.8) is 0 Å². The molecule has 1 N–H and O–H groups in total. The Labute approximate surface area is 130 Å². The van der Waals surface area contributed by atoms with Gasteiger partial charge in [0.1, 0.15) is 0 Å². The first-order valence-electron chi connectivity index (χ1n) is 6.13. The summed E-state index contributed by atoms with van der Waals surface area (Å²) in [5, 5.41) is 3.60. The molecule has 2 aromatic rings. The largest absolute Gasteiger partial charge is 0.304 e. The molecule has 0 aliphatic heterocycles. The van der Waals surface area contributed by atoms with E-state index in [1.165, 1.54) is 11.1 Å². The Bertz CT molecular complexity index is 511. The summed E-state index contributed by atoms with van der Waals surface area (Å²) in [6, 6.07) is 18.9. The third-order valence-corrected chi connectivity index (χ3v) is 3.62. The molecule has 0 aliphatic carbocycles. The molecule has 102 valence electrons. The molecule has 1 nitrogen and oxygen atoms in total. The van der Waals surface area contributed by atoms with Crippen molar-refractivity contribution in [3.8, 4) is 0 Å². The lowest BCUT2D eigenvalue weighted by Crippen LogP contribution is -2.35. The van der Waals surface area contributed by atoms with Crippen molar-refractivity contribution in [3.05, 3.63) is 70.2 Å². The van der Waals surface area contributed by atoms with Gasteiger partial charge in [-0.1, -0.05) is 58.4 Å². The van der Waals surface area contributed by atoms with Gasteiger partial charge >= 0.3 is 0 Å². The number of benzene rings is 2. The van der Waals surface area contributed by atoms with E-state index in [4.69, 9.17) is 0 Å². The molecule has 0 aliphatic rings. The highest BCUT2D eigenvalue weighted by molar-refractivity contribution is 9.10. The van der Waals surface area contributed by atoms with Crippen LogP contribution in [0.25, 0.3) is 0 Å². The highest BCUT2D eigenvalue weighted by Gasteiger charge is 2.19. The Morgan fingerprint density at radius 2 is 1.68 bits per heavy atom. The SMILES string of the molecule is CC(C)(NCc1ccccc1)c1cccc(Br)c1.Cl. The molecule has 0 unspecified atom stereocenters. The zero-order chi connectivity index (χ0) is 13.0. The van der Waals surface area contributed by atoms with Crippen LogP contribution in [0.15, 0.2) is 59.1 Å². The minimum absolute atomic E-state index is 0. The van der Waals surface area contributed by atoms with Crippen LogP contribution in [0.3, 0.4) is 0 Å². The molecule has 2 aromatic carbocycles. The van der Waals surface area contributed by atoms with E-state index in [1.54, 1.807) is 0 Å². The van der Waals surface area contributed by atoms with Gasteiger partial charge in [0.2, 0.25) is 0 Å². The van der Waals surface area contributed by atoms with Crippen LogP contribution in [-0.4, -0.2) is 0 Å². The average molecular weight is 341 g/mol. The zero-order valence-corrected chi connectivity index (χ0v) is 13.6. The fourth-order valence-electron chi connectivity index (χ4n) is 1.90. The van der Waals surface area contributed by atoms with Gasteiger partial charge in [-0.2, -0.15) is 0 Å². The normalized spacial score (nSPS) is 10.9. The molecule has 0 bridgehead atoms. The van der Waals surface area contributed by atoms with Gasteiger partial charge in [-0.3, -0.25) is 0 Å².